The molecular weight excluding hydrogens is 933 g/mol. The first-order chi connectivity index (χ1) is 35.8. The second-order valence-corrected chi connectivity index (χ2v) is 22.1. The summed E-state index contributed by atoms with van der Waals surface area (Å²) in [5, 5.41) is 83.4. The largest absolute Gasteiger partial charge is 0.508 e. The minimum absolute atomic E-state index is 0.0631. The maximum atomic E-state index is 16.6. The van der Waals surface area contributed by atoms with E-state index in [0.717, 1.165) is 75.7 Å². The molecule has 10 N–H and O–H groups in total. The Balaban J connectivity index is 1.10. The molecule has 11 rings (SSSR count). The Kier molecular flexibility index (Phi) is 13.5. The number of allylic oxidation sites excluding steroid dienone is 3. The second-order valence-electron chi connectivity index (χ2n) is 22.1. The number of Topliss-reactive ketones (excluding diaryl/α,β-unsaturated/α-hetero) is 1. The molecule has 0 amide bonds. The van der Waals surface area contributed by atoms with Gasteiger partial charge in [-0.15, -0.1) is 0 Å². The molecule has 0 saturated heterocycles. The van der Waals surface area contributed by atoms with E-state index in [0.29, 0.717) is 81.5 Å². The highest BCUT2D eigenvalue weighted by Gasteiger charge is 2.58. The van der Waals surface area contributed by atoms with Crippen molar-refractivity contribution < 1.29 is 44.9 Å². The molecule has 3 aliphatic carbocycles. The number of aromatic hydroxyl groups is 4. The number of aliphatic hydroxyl groups excluding tert-OH is 2. The summed E-state index contributed by atoms with van der Waals surface area (Å²) in [5.74, 6) is -0.884. The van der Waals surface area contributed by atoms with Gasteiger partial charge in [-0.3, -0.25) is 4.79 Å². The summed E-state index contributed by atoms with van der Waals surface area (Å²) in [5.41, 5.74) is 5.04. The third-order valence-electron chi connectivity index (χ3n) is 17.4. The lowest BCUT2D eigenvalue weighted by molar-refractivity contribution is -0.134. The van der Waals surface area contributed by atoms with Gasteiger partial charge in [-0.25, -0.2) is 0 Å². The normalized spacial score (nSPS) is 27.6. The zero-order valence-corrected chi connectivity index (χ0v) is 42.4. The zero-order chi connectivity index (χ0) is 51.3. The number of hydrogen-bond donors (Lipinski definition) is 10. The maximum absolute atomic E-state index is 16.6. The predicted octanol–water partition coefficient (Wildman–Crippen LogP) is 9.32. The molecule has 1 saturated carbocycles. The van der Waals surface area contributed by atoms with Crippen LogP contribution in [0.5, 0.6) is 34.5 Å². The van der Waals surface area contributed by atoms with E-state index in [1.165, 1.54) is 0 Å². The number of ketones is 1. The summed E-state index contributed by atoms with van der Waals surface area (Å²) in [6.45, 7) is 3.88. The Labute approximate surface area is 432 Å². The van der Waals surface area contributed by atoms with Gasteiger partial charge in [0.2, 0.25) is 5.75 Å². The first-order valence-corrected chi connectivity index (χ1v) is 26.7. The number of anilines is 1. The summed E-state index contributed by atoms with van der Waals surface area (Å²) in [7, 11) is 1.91. The average Bonchev–Trinajstić information content (AvgIpc) is 4.03. The molecule has 388 valence electrons. The van der Waals surface area contributed by atoms with Crippen LogP contribution in [0.3, 0.4) is 0 Å². The molecule has 6 aliphatic rings. The van der Waals surface area contributed by atoms with Gasteiger partial charge in [-0.05, 0) is 176 Å². The lowest BCUT2D eigenvalue weighted by atomic mass is 9.57. The van der Waals surface area contributed by atoms with E-state index >= 15 is 4.79 Å². The number of hydrogen-bond acceptors (Lipinski definition) is 12. The number of nitrogens with one attached hydrogen (secondary N) is 4. The number of rotatable bonds is 12. The molecule has 1 spiro atoms. The number of phenolic OH excluding ortho intramolecular Hbond substituents is 4. The number of carbonyl (C=O) groups is 1. The van der Waals surface area contributed by atoms with Crippen molar-refractivity contribution in [1.82, 2.24) is 15.6 Å². The van der Waals surface area contributed by atoms with Crippen molar-refractivity contribution in [2.24, 2.45) is 29.1 Å². The lowest BCUT2D eigenvalue weighted by Gasteiger charge is -2.47. The number of ether oxygens (including phenoxy) is 2. The van der Waals surface area contributed by atoms with Crippen LogP contribution in [0.15, 0.2) is 109 Å². The van der Waals surface area contributed by atoms with Crippen molar-refractivity contribution in [1.29, 1.82) is 0 Å². The van der Waals surface area contributed by atoms with E-state index in [1.54, 1.807) is 30.3 Å². The molecule has 1 aromatic heterocycles. The highest BCUT2D eigenvalue weighted by Crippen LogP contribution is 2.59. The summed E-state index contributed by atoms with van der Waals surface area (Å²) >= 11 is 0. The quantitative estimate of drug-likeness (QED) is 0.0419. The first-order valence-electron chi connectivity index (χ1n) is 26.7. The molecule has 13 nitrogen and oxygen atoms in total. The Bertz CT molecular complexity index is 3070. The number of phenols is 4. The summed E-state index contributed by atoms with van der Waals surface area (Å²) in [4.78, 5) is 20.0. The van der Waals surface area contributed by atoms with Crippen molar-refractivity contribution in [3.63, 3.8) is 0 Å². The molecule has 74 heavy (non-hydrogen) atoms. The fraction of sp³-hybridized carbons (Fsp3) is 0.426. The molecule has 3 aliphatic heterocycles. The van der Waals surface area contributed by atoms with Crippen LogP contribution < -0.4 is 25.4 Å². The van der Waals surface area contributed by atoms with Crippen molar-refractivity contribution in [2.75, 3.05) is 38.7 Å². The van der Waals surface area contributed by atoms with E-state index in [1.807, 2.05) is 49.7 Å². The maximum Gasteiger partial charge on any atom is 0.200 e. The van der Waals surface area contributed by atoms with Crippen LogP contribution in [0, 0.1) is 29.1 Å². The Hall–Kier alpha value is -6.67. The van der Waals surface area contributed by atoms with Crippen LogP contribution in [-0.2, 0) is 29.5 Å². The molecule has 9 unspecified atom stereocenters. The molecular formula is C61H70N4O9. The van der Waals surface area contributed by atoms with Crippen LogP contribution in [0.2, 0.25) is 0 Å². The zero-order valence-electron chi connectivity index (χ0n) is 42.4. The van der Waals surface area contributed by atoms with Gasteiger partial charge in [0.05, 0.1) is 31.3 Å². The van der Waals surface area contributed by atoms with E-state index in [-0.39, 0.29) is 53.3 Å². The van der Waals surface area contributed by atoms with E-state index in [9.17, 15) is 30.6 Å². The van der Waals surface area contributed by atoms with Crippen LogP contribution in [0.1, 0.15) is 97.7 Å². The van der Waals surface area contributed by atoms with E-state index in [4.69, 9.17) is 9.47 Å². The number of aliphatic hydroxyl groups is 2. The Morgan fingerprint density at radius 1 is 1.04 bits per heavy atom. The van der Waals surface area contributed by atoms with Gasteiger partial charge >= 0.3 is 0 Å². The van der Waals surface area contributed by atoms with Crippen LogP contribution in [0.4, 0.5) is 5.69 Å². The number of carbonyl (C=O) groups excluding carboxylic acids is 1. The van der Waals surface area contributed by atoms with Gasteiger partial charge < -0.3 is 61.0 Å². The highest BCUT2D eigenvalue weighted by molar-refractivity contribution is 6.01. The Morgan fingerprint density at radius 3 is 2.74 bits per heavy atom. The third kappa shape index (κ3) is 9.10. The van der Waals surface area contributed by atoms with Gasteiger partial charge in [0, 0.05) is 65.3 Å². The number of aromatic nitrogens is 1. The van der Waals surface area contributed by atoms with Gasteiger partial charge in [-0.2, -0.15) is 0 Å². The van der Waals surface area contributed by atoms with Gasteiger partial charge in [0.25, 0.3) is 0 Å². The fourth-order valence-electron chi connectivity index (χ4n) is 14.1. The van der Waals surface area contributed by atoms with E-state index in [2.05, 4.69) is 58.2 Å². The topological polar surface area (TPSA) is 209 Å². The Morgan fingerprint density at radius 2 is 1.92 bits per heavy atom. The minimum atomic E-state index is -1.19. The standard InChI is InChI=1S/C61H70N4O9/c1-35-6-3-7-36(24-35)33-74-53-29-40(27-52(71)58(53)72)41-28-51(70)57(49(68)14-11-37-12-15-50(69)59-45(37)9-5-23-73-59)61(20-17-48(67)46(61)31-43-8-4-21-63-43)42-18-22-64-54(30-42)65-47-13-10-38-25-44(66)26-39-16-19-60(32-41,34-62-2)56(47)55(38)39/h3-4,7-8,10,12-13,15-16,18-19,21,25-27,29-30,35-36,41,46,48-49,57,62-69,71-72H,5-6,9,11,14,17,20,22-24,28,31-34H2,1-2H3. The summed E-state index contributed by atoms with van der Waals surface area (Å²) in [6.07, 6.45) is 18.3. The molecule has 0 radical (unpaired) electrons. The van der Waals surface area contributed by atoms with Crippen LogP contribution in [-0.4, -0.2) is 87.0 Å². The average molecular weight is 1000 g/mol. The number of aromatic amines is 1. The lowest BCUT2D eigenvalue weighted by Crippen LogP contribution is -2.50. The first kappa shape index (κ1) is 49.5. The number of dihydropyridines is 1. The van der Waals surface area contributed by atoms with Crippen molar-refractivity contribution in [3.8, 4) is 34.5 Å². The number of likely N-dealkylation sites (N-methyl/N-ethyl adjacent to an activating group) is 1. The third-order valence-corrected chi connectivity index (χ3v) is 17.4. The van der Waals surface area contributed by atoms with E-state index < -0.39 is 40.8 Å². The summed E-state index contributed by atoms with van der Waals surface area (Å²) in [6, 6.07) is 18.4. The number of aryl methyl sites for hydroxylation is 1. The SMILES string of the molecule is CNCC12C=Cc3cc(O)cc4ccc(c1c34)NC1=CC(=CCN1)C1(CCC(O)C1Cc1ccc[nH]1)C(C(O)CCc1ccc(O)c3c1CCCO3)C(=O)CC(c1cc(O)c(O)c(OCC3C=CCC(C)C3)c1)C2. The second kappa shape index (κ2) is 20.2. The molecule has 1 fully saturated rings. The van der Waals surface area contributed by atoms with Gasteiger partial charge in [0.15, 0.2) is 23.0 Å². The summed E-state index contributed by atoms with van der Waals surface area (Å²) < 4.78 is 12.4. The van der Waals surface area contributed by atoms with Crippen molar-refractivity contribution >= 4 is 28.3 Å². The molecule has 2 bridgehead atoms. The van der Waals surface area contributed by atoms with Gasteiger partial charge in [-0.1, -0.05) is 49.4 Å². The number of benzene rings is 4. The monoisotopic (exact) mass is 1000 g/mol. The number of H-pyrrole nitrogens is 1. The van der Waals surface area contributed by atoms with Crippen molar-refractivity contribution in [2.45, 2.75) is 101 Å². The predicted molar refractivity (Wildman–Crippen MR) is 287 cm³/mol. The number of fused-ring (bicyclic) bond motifs is 3. The smallest absolute Gasteiger partial charge is 0.200 e. The fourth-order valence-corrected chi connectivity index (χ4v) is 14.1. The van der Waals surface area contributed by atoms with Crippen LogP contribution >= 0.6 is 0 Å². The molecule has 9 atom stereocenters. The molecule has 13 heteroatoms. The van der Waals surface area contributed by atoms with Crippen LogP contribution in [0.25, 0.3) is 16.8 Å². The minimum Gasteiger partial charge on any atom is -0.508 e. The molecule has 4 heterocycles. The van der Waals surface area contributed by atoms with Gasteiger partial charge in [0.1, 0.15) is 17.4 Å². The molecule has 4 aromatic carbocycles. The molecule has 5 aromatic rings. The van der Waals surface area contributed by atoms with Crippen molar-refractivity contribution in [3.05, 3.63) is 142 Å². The highest BCUT2D eigenvalue weighted by atomic mass is 16.5.